The molecule has 0 bridgehead atoms. The normalized spacial score (nSPS) is 12.7. The van der Waals surface area contributed by atoms with Gasteiger partial charge in [-0.15, -0.1) is 0 Å². The van der Waals surface area contributed by atoms with Crippen molar-refractivity contribution < 1.29 is 0 Å². The topological polar surface area (TPSA) is 25.9 Å². The summed E-state index contributed by atoms with van der Waals surface area (Å²) < 4.78 is 28.9. The minimum absolute atomic E-state index is 0.00945. The van der Waals surface area contributed by atoms with Crippen molar-refractivity contribution in [3.05, 3.63) is 0 Å². The molecule has 0 saturated carbocycles. The molecule has 0 radical (unpaired) electrons. The Morgan fingerprint density at radius 1 is 0.143 bits per heavy atom. The standard InChI is InChI=1S/C100H214N8P4/c1-18-35-51-67-83-101(84-68-52-36-19-2)109(102(85-69-53-37-20-3)86-70-54-38-21-4)99(110(103(87-71-55-39-22-5)88-72-56-40-23-6)104(89-73-57-41-24-7)90-74-58-42-25-8)100(34-17,111(105(91-75-59-43-26-9)92-76-60-44-27-10)106(93-77-61-45-28-11)94-78-62-46-29-12)112(107(95-79-63-47-30-13)96-80-64-48-31-14)108(97-81-65-49-32-15)98-82-66-50-33-16/h99H,18-98H2,1-17H3. The van der Waals surface area contributed by atoms with Crippen molar-refractivity contribution in [3.63, 3.8) is 0 Å². The monoisotopic (exact) mass is 1650 g/mol. The van der Waals surface area contributed by atoms with Crippen LogP contribution in [0.25, 0.3) is 0 Å². The minimum Gasteiger partial charge on any atom is -0.269 e. The maximum absolute atomic E-state index is 3.62. The summed E-state index contributed by atoms with van der Waals surface area (Å²) in [6.45, 7) is 64.1. The highest BCUT2D eigenvalue weighted by Gasteiger charge is 2.64. The minimum atomic E-state index is -0.924. The molecule has 0 heterocycles. The van der Waals surface area contributed by atoms with Gasteiger partial charge in [-0.3, -0.25) is 37.4 Å². The van der Waals surface area contributed by atoms with E-state index in [0.29, 0.717) is 5.40 Å². The zero-order valence-corrected chi connectivity index (χ0v) is 84.3. The number of hydrogen-bond donors (Lipinski definition) is 0. The lowest BCUT2D eigenvalue weighted by Crippen LogP contribution is -2.57. The summed E-state index contributed by atoms with van der Waals surface area (Å²) in [5, 5.41) is 0.522. The quantitative estimate of drug-likeness (QED) is 0.0439. The summed E-state index contributed by atoms with van der Waals surface area (Å²) in [5.41, 5.74) is 0. The average molecular weight is 1650 g/mol. The van der Waals surface area contributed by atoms with E-state index in [1.54, 1.807) is 0 Å². The van der Waals surface area contributed by atoms with Gasteiger partial charge in [0, 0.05) is 105 Å². The van der Waals surface area contributed by atoms with Gasteiger partial charge in [0.25, 0.3) is 0 Å². The van der Waals surface area contributed by atoms with E-state index in [1.165, 1.54) is 522 Å². The van der Waals surface area contributed by atoms with Crippen molar-refractivity contribution >= 4 is 32.9 Å². The van der Waals surface area contributed by atoms with Crippen LogP contribution in [0.3, 0.4) is 0 Å². The van der Waals surface area contributed by atoms with Gasteiger partial charge in [-0.2, -0.15) is 0 Å². The molecule has 12 heteroatoms. The van der Waals surface area contributed by atoms with Crippen LogP contribution in [0.1, 0.15) is 535 Å². The van der Waals surface area contributed by atoms with Gasteiger partial charge < -0.3 is 0 Å². The molecule has 0 spiro atoms. The zero-order valence-electron chi connectivity index (χ0n) is 80.7. The fourth-order valence-corrected chi connectivity index (χ4v) is 36.8. The predicted molar refractivity (Wildman–Crippen MR) is 523 cm³/mol. The maximum Gasteiger partial charge on any atom is 0.0798 e. The summed E-state index contributed by atoms with van der Waals surface area (Å²) in [5.74, 6) is 0. The molecule has 0 N–H and O–H groups in total. The highest BCUT2D eigenvalue weighted by molar-refractivity contribution is 7.80. The molecule has 0 rings (SSSR count). The van der Waals surface area contributed by atoms with Gasteiger partial charge in [0.05, 0.1) is 43.2 Å². The van der Waals surface area contributed by atoms with Crippen molar-refractivity contribution in [2.75, 3.05) is 105 Å². The van der Waals surface area contributed by atoms with E-state index in [0.717, 1.165) is 0 Å². The number of rotatable bonds is 94. The lowest BCUT2D eigenvalue weighted by Gasteiger charge is -2.65. The molecule has 0 aliphatic rings. The SMILES string of the molecule is CCCCCCN(CCCCCC)P(C(P(N(CCCCCC)CCCCCC)N(CCCCCC)CCCCCC)C(CC)(P(N(CCCCCC)CCCCCC)N(CCCCCC)CCCCCC)P(N(CCCCCC)CCCCCC)N(CCCCCC)CCCCCC)N(CCCCCC)CCCCCC. The van der Waals surface area contributed by atoms with Gasteiger partial charge in [0.2, 0.25) is 0 Å². The highest BCUT2D eigenvalue weighted by Crippen LogP contribution is 2.85. The third kappa shape index (κ3) is 54.1. The van der Waals surface area contributed by atoms with E-state index in [9.17, 15) is 0 Å². The number of nitrogens with zero attached hydrogens (tertiary/aromatic N) is 8. The first-order valence-electron chi connectivity index (χ1n) is 52.3. The van der Waals surface area contributed by atoms with Gasteiger partial charge >= 0.3 is 0 Å². The summed E-state index contributed by atoms with van der Waals surface area (Å²) in [4.78, 5) is -0.00945. The lowest BCUT2D eigenvalue weighted by molar-refractivity contribution is 0.311. The van der Waals surface area contributed by atoms with Crippen LogP contribution in [0.5, 0.6) is 0 Å². The molecule has 0 aromatic rings. The Labute approximate surface area is 715 Å². The molecule has 674 valence electrons. The molecule has 0 fully saturated rings. The lowest BCUT2D eigenvalue weighted by atomic mass is 10.2. The smallest absolute Gasteiger partial charge is 0.0798 e. The molecule has 0 aliphatic carbocycles. The molecule has 0 aromatic heterocycles. The highest BCUT2D eigenvalue weighted by atomic mass is 31.2. The van der Waals surface area contributed by atoms with Crippen molar-refractivity contribution in [2.45, 2.75) is 545 Å². The van der Waals surface area contributed by atoms with Crippen LogP contribution < -0.4 is 0 Å². The molecule has 112 heavy (non-hydrogen) atoms. The van der Waals surface area contributed by atoms with E-state index in [4.69, 9.17) is 0 Å². The molecule has 0 atom stereocenters. The van der Waals surface area contributed by atoms with Gasteiger partial charge in [-0.1, -0.05) is 426 Å². The van der Waals surface area contributed by atoms with E-state index in [1.807, 2.05) is 0 Å². The first-order chi connectivity index (χ1) is 55.1. The van der Waals surface area contributed by atoms with E-state index >= 15 is 0 Å². The molecular weight excluding hydrogens is 1440 g/mol. The second kappa shape index (κ2) is 85.9. The van der Waals surface area contributed by atoms with Crippen molar-refractivity contribution in [2.24, 2.45) is 0 Å². The van der Waals surface area contributed by atoms with E-state index in [2.05, 4.69) is 155 Å². The zero-order chi connectivity index (χ0) is 82.3. The second-order valence-corrected chi connectivity index (χ2v) is 45.8. The van der Waals surface area contributed by atoms with Crippen LogP contribution in [0.2, 0.25) is 0 Å². The molecule has 0 aromatic carbocycles. The van der Waals surface area contributed by atoms with Gasteiger partial charge in [-0.25, -0.2) is 0 Å². The van der Waals surface area contributed by atoms with Crippen LogP contribution in [0.4, 0.5) is 0 Å². The Morgan fingerprint density at radius 3 is 0.348 bits per heavy atom. The van der Waals surface area contributed by atoms with Crippen LogP contribution >= 0.6 is 32.9 Å². The largest absolute Gasteiger partial charge is 0.269 e. The van der Waals surface area contributed by atoms with Gasteiger partial charge in [-0.05, 0) is 109 Å². The fraction of sp³-hybridized carbons (Fsp3) is 1.00. The maximum atomic E-state index is 3.62. The first kappa shape index (κ1) is 113. The van der Waals surface area contributed by atoms with Crippen LogP contribution in [0.15, 0.2) is 0 Å². The Morgan fingerprint density at radius 2 is 0.250 bits per heavy atom. The summed E-state index contributed by atoms with van der Waals surface area (Å²) in [7, 11) is -3.64. The third-order valence-electron chi connectivity index (χ3n) is 24.6. The van der Waals surface area contributed by atoms with Gasteiger partial charge in [0.15, 0.2) is 0 Å². The Bertz CT molecular complexity index is 1490. The molecule has 0 saturated heterocycles. The third-order valence-corrected chi connectivity index (χ3v) is 39.7. The van der Waals surface area contributed by atoms with Crippen molar-refractivity contribution in [1.82, 2.24) is 37.4 Å². The average Bonchev–Trinajstić information content (AvgIpc) is 0.711. The van der Waals surface area contributed by atoms with Crippen molar-refractivity contribution in [1.29, 1.82) is 0 Å². The van der Waals surface area contributed by atoms with Gasteiger partial charge in [0.1, 0.15) is 0 Å². The first-order valence-corrected chi connectivity index (χ1v) is 57.4. The molecule has 0 amide bonds. The Hall–Kier alpha value is 1.40. The van der Waals surface area contributed by atoms with Crippen LogP contribution in [-0.2, 0) is 0 Å². The van der Waals surface area contributed by atoms with Crippen LogP contribution in [-0.4, -0.2) is 152 Å². The summed E-state index contributed by atoms with van der Waals surface area (Å²) >= 11 is 0. The second-order valence-electron chi connectivity index (χ2n) is 35.4. The Kier molecular flexibility index (Phi) is 87.0. The van der Waals surface area contributed by atoms with E-state index in [-0.39, 0.29) is 4.90 Å². The number of unbranched alkanes of at least 4 members (excludes halogenated alkanes) is 48. The number of hydrogen-bond acceptors (Lipinski definition) is 8. The molecule has 0 unspecified atom stereocenters. The molecule has 8 nitrogen and oxygen atoms in total. The Balaban J connectivity index is 12.8. The fourth-order valence-electron chi connectivity index (χ4n) is 17.5. The molecule has 0 aliphatic heterocycles. The van der Waals surface area contributed by atoms with Crippen molar-refractivity contribution in [3.8, 4) is 0 Å². The van der Waals surface area contributed by atoms with E-state index < -0.39 is 32.9 Å². The predicted octanol–water partition coefficient (Wildman–Crippen LogP) is 35.4. The van der Waals surface area contributed by atoms with Crippen LogP contribution in [0, 0.1) is 0 Å². The molecular formula is C100H214N8P4. The summed E-state index contributed by atoms with van der Waals surface area (Å²) in [6.07, 6.45) is 88.5. The summed E-state index contributed by atoms with van der Waals surface area (Å²) in [6, 6.07) is 0.